The van der Waals surface area contributed by atoms with Gasteiger partial charge in [-0.25, -0.2) is 21.6 Å². The number of nitrogens with zero attached hydrogens (tertiary/aromatic N) is 5. The Morgan fingerprint density at radius 2 is 1.31 bits per heavy atom. The molecule has 4 aromatic carbocycles. The van der Waals surface area contributed by atoms with Crippen molar-refractivity contribution in [2.75, 3.05) is 5.73 Å². The number of phenolic OH excluding ortho intramolecular Hbond substituents is 1. The number of anilines is 1. The fraction of sp³-hybridized carbons (Fsp3) is 0. The quantitative estimate of drug-likeness (QED) is 0.0348. The molecule has 0 saturated carbocycles. The number of nitrogen functional groups attached to an aromatic ring is 1. The molecule has 0 aliphatic carbocycles. The van der Waals surface area contributed by atoms with E-state index in [9.17, 15) is 64.0 Å². The number of carbonyl (C=O) groups is 1. The maximum atomic E-state index is 12.1. The Labute approximate surface area is 313 Å². The van der Waals surface area contributed by atoms with E-state index >= 15 is 0 Å². The van der Waals surface area contributed by atoms with E-state index < -0.39 is 106 Å². The molecule has 0 unspecified atom stereocenters. The van der Waals surface area contributed by atoms with Gasteiger partial charge in [-0.1, -0.05) is 12.1 Å². The Balaban J connectivity index is 0.00000400. The SMILES string of the molecule is Nc1c(N=Nc2ccc(S(=O)(=O)O)cc2[N+](=O)[O-])c(S(=O)(=O)[O-])cc2cc(S(=O)(=O)[O-])c(N=Nc3ccccc3C(=O)O)c(O)c12.[Na+].[Na+]. The Morgan fingerprint density at radius 1 is 0.792 bits per heavy atom. The molecule has 0 fully saturated rings. The van der Waals surface area contributed by atoms with Crippen LogP contribution in [0.3, 0.4) is 0 Å². The third-order valence-corrected chi connectivity index (χ3v) is 8.49. The molecule has 0 spiro atoms. The number of nitro groups is 1. The van der Waals surface area contributed by atoms with E-state index in [1.54, 1.807) is 0 Å². The van der Waals surface area contributed by atoms with E-state index in [1.165, 1.54) is 12.1 Å². The maximum Gasteiger partial charge on any atom is 1.00 e. The molecule has 0 heterocycles. The number of benzene rings is 4. The average Bonchev–Trinajstić information content (AvgIpc) is 2.94. The summed E-state index contributed by atoms with van der Waals surface area (Å²) in [4.78, 5) is 18.4. The monoisotopic (exact) mass is 740 g/mol. The normalized spacial score (nSPS) is 12.1. The van der Waals surface area contributed by atoms with Gasteiger partial charge in [0.25, 0.3) is 15.8 Å². The van der Waals surface area contributed by atoms with Crippen LogP contribution in [0.2, 0.25) is 0 Å². The van der Waals surface area contributed by atoms with Gasteiger partial charge in [-0.2, -0.15) is 8.42 Å². The molecule has 0 aliphatic heterocycles. The van der Waals surface area contributed by atoms with Gasteiger partial charge in [0.2, 0.25) is 0 Å². The van der Waals surface area contributed by atoms with Crippen LogP contribution in [0.4, 0.5) is 34.1 Å². The van der Waals surface area contributed by atoms with Gasteiger partial charge in [-0.05, 0) is 41.8 Å². The van der Waals surface area contributed by atoms with Crippen molar-refractivity contribution in [1.29, 1.82) is 0 Å². The summed E-state index contributed by atoms with van der Waals surface area (Å²) in [6.07, 6.45) is 0. The molecule has 25 heteroatoms. The summed E-state index contributed by atoms with van der Waals surface area (Å²) in [6.45, 7) is 0. The molecule has 240 valence electrons. The summed E-state index contributed by atoms with van der Waals surface area (Å²) in [5.74, 6) is -2.69. The summed E-state index contributed by atoms with van der Waals surface area (Å²) in [6, 6.07) is 7.68. The third-order valence-electron chi connectivity index (χ3n) is 5.94. The average molecular weight is 741 g/mol. The minimum absolute atomic E-state index is 0. The number of nitrogens with two attached hydrogens (primary N) is 1. The number of aromatic hydroxyl groups is 1. The zero-order valence-corrected chi connectivity index (χ0v) is 30.5. The van der Waals surface area contributed by atoms with E-state index in [-0.39, 0.29) is 64.8 Å². The molecular formula is C23H14N6Na2O14S3. The molecule has 0 aliphatic rings. The van der Waals surface area contributed by atoms with Crippen LogP contribution in [0.15, 0.2) is 89.7 Å². The predicted octanol–water partition coefficient (Wildman–Crippen LogP) is -2.37. The zero-order chi connectivity index (χ0) is 34.4. The van der Waals surface area contributed by atoms with Crippen LogP contribution in [0.5, 0.6) is 5.75 Å². The smallest absolute Gasteiger partial charge is 0.744 e. The fourth-order valence-electron chi connectivity index (χ4n) is 3.94. The van der Waals surface area contributed by atoms with Gasteiger partial charge in [0, 0.05) is 6.07 Å². The number of carboxylic acids is 1. The first kappa shape index (κ1) is 40.7. The summed E-state index contributed by atoms with van der Waals surface area (Å²) in [5, 5.41) is 44.7. The Bertz CT molecular complexity index is 2390. The Hall–Kier alpha value is -3.46. The number of hydrogen-bond acceptors (Lipinski definition) is 17. The van der Waals surface area contributed by atoms with Crippen molar-refractivity contribution >= 4 is 81.2 Å². The van der Waals surface area contributed by atoms with Gasteiger partial charge in [0.1, 0.15) is 42.2 Å². The molecule has 0 radical (unpaired) electrons. The summed E-state index contributed by atoms with van der Waals surface area (Å²) < 4.78 is 105. The molecule has 0 aromatic heterocycles. The van der Waals surface area contributed by atoms with Crippen molar-refractivity contribution < 1.29 is 118 Å². The van der Waals surface area contributed by atoms with Gasteiger partial charge < -0.3 is 25.1 Å². The van der Waals surface area contributed by atoms with E-state index in [1.807, 2.05) is 0 Å². The summed E-state index contributed by atoms with van der Waals surface area (Å²) in [5.41, 5.74) is 0.462. The molecule has 0 bridgehead atoms. The van der Waals surface area contributed by atoms with Crippen molar-refractivity contribution in [3.05, 3.63) is 70.3 Å². The van der Waals surface area contributed by atoms with E-state index in [0.717, 1.165) is 12.1 Å². The first-order valence-electron chi connectivity index (χ1n) is 11.7. The molecule has 0 atom stereocenters. The molecule has 4 rings (SSSR count). The third kappa shape index (κ3) is 8.57. The molecular weight excluding hydrogens is 726 g/mol. The number of hydrogen-bond donors (Lipinski definition) is 4. The van der Waals surface area contributed by atoms with Gasteiger partial charge in [0.05, 0.1) is 31.4 Å². The number of nitro benzene ring substituents is 1. The van der Waals surface area contributed by atoms with E-state index in [0.29, 0.717) is 30.3 Å². The topological polar surface area (TPSA) is 345 Å². The maximum absolute atomic E-state index is 12.1. The standard InChI is InChI=1S/C23H16N6O14S3.2Na/c24-19-18-10(8-17(46(41,42)43)21(22(18)30)28-25-13-4-2-1-3-12(13)23(31)32)7-16(45(38,39)40)20(19)27-26-14-6-5-11(44(35,36)37)9-15(14)29(33)34;;/h1-9,30H,24H2,(H,31,32)(H,35,36,37)(H,38,39,40)(H,41,42,43);;/q;2*+1/p-2. The largest absolute Gasteiger partial charge is 1.00 e. The number of aromatic carboxylic acids is 1. The summed E-state index contributed by atoms with van der Waals surface area (Å²) >= 11 is 0. The first-order valence-corrected chi connectivity index (χ1v) is 15.9. The Kier molecular flexibility index (Phi) is 12.7. The Morgan fingerprint density at radius 3 is 1.83 bits per heavy atom. The van der Waals surface area contributed by atoms with Crippen LogP contribution in [0.25, 0.3) is 10.8 Å². The van der Waals surface area contributed by atoms with E-state index in [4.69, 9.17) is 5.73 Å². The van der Waals surface area contributed by atoms with Gasteiger partial charge >= 0.3 is 65.1 Å². The zero-order valence-electron chi connectivity index (χ0n) is 24.1. The van der Waals surface area contributed by atoms with Crippen molar-refractivity contribution in [2.45, 2.75) is 14.7 Å². The number of rotatable bonds is 9. The fourth-order valence-corrected chi connectivity index (χ4v) is 5.74. The van der Waals surface area contributed by atoms with Crippen LogP contribution in [-0.4, -0.2) is 60.0 Å². The van der Waals surface area contributed by atoms with Crippen LogP contribution >= 0.6 is 0 Å². The second-order valence-electron chi connectivity index (χ2n) is 8.82. The van der Waals surface area contributed by atoms with Gasteiger partial charge in [0.15, 0.2) is 11.4 Å². The second-order valence-corrected chi connectivity index (χ2v) is 12.9. The van der Waals surface area contributed by atoms with Gasteiger partial charge in [-0.3, -0.25) is 14.7 Å². The number of azo groups is 2. The second kappa shape index (κ2) is 15.0. The first-order chi connectivity index (χ1) is 21.2. The van der Waals surface area contributed by atoms with Crippen LogP contribution < -0.4 is 64.8 Å². The van der Waals surface area contributed by atoms with Crippen molar-refractivity contribution in [3.8, 4) is 5.75 Å². The van der Waals surface area contributed by atoms with Crippen molar-refractivity contribution in [1.82, 2.24) is 0 Å². The number of fused-ring (bicyclic) bond motifs is 1. The molecule has 48 heavy (non-hydrogen) atoms. The molecule has 20 nitrogen and oxygen atoms in total. The van der Waals surface area contributed by atoms with Crippen LogP contribution in [0, 0.1) is 10.1 Å². The molecule has 0 amide bonds. The summed E-state index contributed by atoms with van der Waals surface area (Å²) in [7, 11) is -16.0. The van der Waals surface area contributed by atoms with Crippen LogP contribution in [0.1, 0.15) is 10.4 Å². The minimum atomic E-state index is -5.57. The van der Waals surface area contributed by atoms with Crippen LogP contribution in [-0.2, 0) is 30.4 Å². The molecule has 4 aromatic rings. The minimum Gasteiger partial charge on any atom is -0.744 e. The van der Waals surface area contributed by atoms with E-state index in [2.05, 4.69) is 20.5 Å². The molecule has 0 saturated heterocycles. The molecule has 5 N–H and O–H groups in total. The number of carboxylic acid groups (broad SMARTS) is 1. The predicted molar refractivity (Wildman–Crippen MR) is 151 cm³/mol. The number of phenols is 1. The van der Waals surface area contributed by atoms with Gasteiger partial charge in [-0.15, -0.1) is 20.5 Å². The van der Waals surface area contributed by atoms with Crippen molar-refractivity contribution in [2.24, 2.45) is 20.5 Å². The van der Waals surface area contributed by atoms with Crippen molar-refractivity contribution in [3.63, 3.8) is 0 Å².